The third-order valence-corrected chi connectivity index (χ3v) is 3.18. The van der Waals surface area contributed by atoms with Gasteiger partial charge in [-0.1, -0.05) is 26.0 Å². The van der Waals surface area contributed by atoms with E-state index in [1.165, 1.54) is 6.07 Å². The van der Waals surface area contributed by atoms with E-state index in [-0.39, 0.29) is 17.1 Å². The number of furan rings is 1. The van der Waals surface area contributed by atoms with Crippen molar-refractivity contribution in [2.75, 3.05) is 11.9 Å². The molecule has 0 saturated heterocycles. The summed E-state index contributed by atoms with van der Waals surface area (Å²) in [6, 6.07) is 8.30. The monoisotopic (exact) mass is 317 g/mol. The van der Waals surface area contributed by atoms with Gasteiger partial charge in [-0.3, -0.25) is 4.79 Å². The van der Waals surface area contributed by atoms with Crippen LogP contribution in [0.1, 0.15) is 46.9 Å². The first-order valence-corrected chi connectivity index (χ1v) is 7.46. The number of hydrogen-bond donors (Lipinski definition) is 2. The topological polar surface area (TPSA) is 88.8 Å². The average molecular weight is 317 g/mol. The van der Waals surface area contributed by atoms with Gasteiger partial charge in [0.2, 0.25) is 0 Å². The minimum Gasteiger partial charge on any atom is -0.491 e. The maximum absolute atomic E-state index is 12.3. The van der Waals surface area contributed by atoms with Gasteiger partial charge < -0.3 is 19.6 Å². The van der Waals surface area contributed by atoms with E-state index in [1.54, 1.807) is 25.1 Å². The van der Waals surface area contributed by atoms with E-state index in [2.05, 4.69) is 5.32 Å². The molecule has 23 heavy (non-hydrogen) atoms. The number of carbonyl (C=O) groups excluding carboxylic acids is 1. The molecular formula is C17H19NO5. The van der Waals surface area contributed by atoms with Crippen LogP contribution in [0.25, 0.3) is 0 Å². The summed E-state index contributed by atoms with van der Waals surface area (Å²) < 4.78 is 10.9. The Morgan fingerprint density at radius 1 is 1.26 bits per heavy atom. The lowest BCUT2D eigenvalue weighted by Gasteiger charge is -2.11. The smallest absolute Gasteiger partial charge is 0.339 e. The van der Waals surface area contributed by atoms with Gasteiger partial charge in [-0.25, -0.2) is 4.79 Å². The normalized spacial score (nSPS) is 10.3. The second-order valence-corrected chi connectivity index (χ2v) is 4.90. The molecule has 2 N–H and O–H groups in total. The number of ether oxygens (including phenoxy) is 1. The number of amides is 1. The van der Waals surface area contributed by atoms with Crippen LogP contribution in [0.2, 0.25) is 0 Å². The lowest BCUT2D eigenvalue weighted by Crippen LogP contribution is -2.12. The molecule has 0 unspecified atom stereocenters. The molecule has 1 heterocycles. The lowest BCUT2D eigenvalue weighted by atomic mass is 10.2. The minimum atomic E-state index is -1.11. The Labute approximate surface area is 134 Å². The van der Waals surface area contributed by atoms with Crippen LogP contribution in [0.5, 0.6) is 5.75 Å². The number of anilines is 1. The van der Waals surface area contributed by atoms with Crippen LogP contribution in [-0.4, -0.2) is 23.6 Å². The van der Waals surface area contributed by atoms with E-state index in [4.69, 9.17) is 14.3 Å². The van der Waals surface area contributed by atoms with E-state index >= 15 is 0 Å². The van der Waals surface area contributed by atoms with Crippen LogP contribution < -0.4 is 10.1 Å². The third-order valence-electron chi connectivity index (χ3n) is 3.18. The van der Waals surface area contributed by atoms with Crippen molar-refractivity contribution >= 4 is 17.6 Å². The zero-order chi connectivity index (χ0) is 16.8. The lowest BCUT2D eigenvalue weighted by molar-refractivity contribution is 0.0694. The molecule has 1 aromatic heterocycles. The number of aromatic carboxylic acids is 1. The molecular weight excluding hydrogens is 298 g/mol. The van der Waals surface area contributed by atoms with Gasteiger partial charge in [0.25, 0.3) is 5.91 Å². The molecule has 2 rings (SSSR count). The predicted molar refractivity (Wildman–Crippen MR) is 85.2 cm³/mol. The Morgan fingerprint density at radius 3 is 2.61 bits per heavy atom. The van der Waals surface area contributed by atoms with Crippen molar-refractivity contribution < 1.29 is 23.8 Å². The maximum atomic E-state index is 12.3. The second kappa shape index (κ2) is 7.49. The highest BCUT2D eigenvalue weighted by Crippen LogP contribution is 2.25. The van der Waals surface area contributed by atoms with E-state index < -0.39 is 11.9 Å². The summed E-state index contributed by atoms with van der Waals surface area (Å²) in [5, 5.41) is 11.8. The fourth-order valence-electron chi connectivity index (χ4n) is 2.08. The van der Waals surface area contributed by atoms with Crippen LogP contribution in [-0.2, 0) is 6.42 Å². The number of aryl methyl sites for hydroxylation is 1. The SMILES string of the molecule is CCCOc1ccccc1NC(=O)c1cc(C(=O)O)c(CC)o1. The maximum Gasteiger partial charge on any atom is 0.339 e. The second-order valence-electron chi connectivity index (χ2n) is 4.90. The Bertz CT molecular complexity index is 705. The van der Waals surface area contributed by atoms with Crippen molar-refractivity contribution in [2.24, 2.45) is 0 Å². The van der Waals surface area contributed by atoms with Gasteiger partial charge in [0.15, 0.2) is 5.76 Å². The van der Waals surface area contributed by atoms with Crippen LogP contribution in [0, 0.1) is 0 Å². The number of carbonyl (C=O) groups is 2. The van der Waals surface area contributed by atoms with Gasteiger partial charge >= 0.3 is 5.97 Å². The predicted octanol–water partition coefficient (Wildman–Crippen LogP) is 3.58. The van der Waals surface area contributed by atoms with Gasteiger partial charge in [0.1, 0.15) is 17.1 Å². The summed E-state index contributed by atoms with van der Waals surface area (Å²) in [5.74, 6) is -0.831. The molecule has 0 fully saturated rings. The quantitative estimate of drug-likeness (QED) is 0.814. The summed E-state index contributed by atoms with van der Waals surface area (Å²) in [5.41, 5.74) is 0.519. The van der Waals surface area contributed by atoms with Gasteiger partial charge in [-0.05, 0) is 18.6 Å². The van der Waals surface area contributed by atoms with Crippen molar-refractivity contribution in [3.05, 3.63) is 47.4 Å². The Morgan fingerprint density at radius 2 is 2.00 bits per heavy atom. The van der Waals surface area contributed by atoms with Gasteiger partial charge in [0, 0.05) is 12.5 Å². The first-order valence-electron chi connectivity index (χ1n) is 7.46. The van der Waals surface area contributed by atoms with Crippen molar-refractivity contribution in [2.45, 2.75) is 26.7 Å². The van der Waals surface area contributed by atoms with Gasteiger partial charge in [-0.2, -0.15) is 0 Å². The number of carboxylic acid groups (broad SMARTS) is 1. The molecule has 0 radical (unpaired) electrons. The molecule has 1 amide bonds. The summed E-state index contributed by atoms with van der Waals surface area (Å²) in [6.45, 7) is 4.29. The molecule has 2 aromatic rings. The van der Waals surface area contributed by atoms with E-state index in [1.807, 2.05) is 13.0 Å². The molecule has 0 aliphatic carbocycles. The molecule has 0 aliphatic heterocycles. The van der Waals surface area contributed by atoms with Crippen molar-refractivity contribution in [1.29, 1.82) is 0 Å². The number of benzene rings is 1. The molecule has 0 aliphatic rings. The first kappa shape index (κ1) is 16.6. The van der Waals surface area contributed by atoms with E-state index in [0.29, 0.717) is 24.5 Å². The molecule has 0 bridgehead atoms. The fraction of sp³-hybridized carbons (Fsp3) is 0.294. The highest BCUT2D eigenvalue weighted by atomic mass is 16.5. The first-order chi connectivity index (χ1) is 11.1. The molecule has 6 heteroatoms. The van der Waals surface area contributed by atoms with Gasteiger partial charge in [-0.15, -0.1) is 0 Å². The summed E-state index contributed by atoms with van der Waals surface area (Å²) in [4.78, 5) is 23.4. The minimum absolute atomic E-state index is 0.00756. The van der Waals surface area contributed by atoms with E-state index in [0.717, 1.165) is 6.42 Å². The molecule has 1 aromatic carbocycles. The van der Waals surface area contributed by atoms with Crippen molar-refractivity contribution in [1.82, 2.24) is 0 Å². The zero-order valence-corrected chi connectivity index (χ0v) is 13.1. The van der Waals surface area contributed by atoms with Crippen LogP contribution in [0.3, 0.4) is 0 Å². The van der Waals surface area contributed by atoms with Crippen LogP contribution in [0.15, 0.2) is 34.7 Å². The summed E-state index contributed by atoms with van der Waals surface area (Å²) in [7, 11) is 0. The number of rotatable bonds is 7. The number of hydrogen-bond acceptors (Lipinski definition) is 4. The highest BCUT2D eigenvalue weighted by Gasteiger charge is 2.20. The molecule has 0 spiro atoms. The highest BCUT2D eigenvalue weighted by molar-refractivity contribution is 6.04. The van der Waals surface area contributed by atoms with Crippen molar-refractivity contribution in [3.63, 3.8) is 0 Å². The number of para-hydroxylation sites is 2. The molecule has 6 nitrogen and oxygen atoms in total. The largest absolute Gasteiger partial charge is 0.491 e. The summed E-state index contributed by atoms with van der Waals surface area (Å²) >= 11 is 0. The van der Waals surface area contributed by atoms with Crippen LogP contribution >= 0.6 is 0 Å². The fourth-order valence-corrected chi connectivity index (χ4v) is 2.08. The van der Waals surface area contributed by atoms with Gasteiger partial charge in [0.05, 0.1) is 12.3 Å². The van der Waals surface area contributed by atoms with E-state index in [9.17, 15) is 9.59 Å². The van der Waals surface area contributed by atoms with Crippen LogP contribution in [0.4, 0.5) is 5.69 Å². The summed E-state index contributed by atoms with van der Waals surface area (Å²) in [6.07, 6.45) is 1.24. The standard InChI is InChI=1S/C17H19NO5/c1-3-9-22-14-8-6-5-7-12(14)18-16(19)15-10-11(17(20)21)13(4-2)23-15/h5-8,10H,3-4,9H2,1-2H3,(H,18,19)(H,20,21). The average Bonchev–Trinajstić information content (AvgIpc) is 2.99. The Balaban J connectivity index is 2.21. The molecule has 0 atom stereocenters. The number of carboxylic acids is 1. The number of nitrogens with one attached hydrogen (secondary N) is 1. The molecule has 122 valence electrons. The zero-order valence-electron chi connectivity index (χ0n) is 13.1. The van der Waals surface area contributed by atoms with Crippen molar-refractivity contribution in [3.8, 4) is 5.75 Å². The molecule has 0 saturated carbocycles. The third kappa shape index (κ3) is 3.91. The Hall–Kier alpha value is -2.76. The Kier molecular flexibility index (Phi) is 5.41.